The first-order valence-corrected chi connectivity index (χ1v) is 7.64. The van der Waals surface area contributed by atoms with Crippen molar-refractivity contribution in [2.45, 2.75) is 13.0 Å². The minimum atomic E-state index is -1.04. The summed E-state index contributed by atoms with van der Waals surface area (Å²) >= 11 is 14.9. The Kier molecular flexibility index (Phi) is 5.50. The Morgan fingerprint density at radius 2 is 2.00 bits per heavy atom. The molecule has 1 N–H and O–H groups in total. The zero-order chi connectivity index (χ0) is 16.3. The second-order valence-electron chi connectivity index (χ2n) is 4.24. The van der Waals surface area contributed by atoms with E-state index < -0.39 is 18.0 Å². The van der Waals surface area contributed by atoms with Gasteiger partial charge in [0, 0.05) is 0 Å². The number of hydrogen-bond donors (Lipinski definition) is 1. The maximum atomic E-state index is 12.0. The van der Waals surface area contributed by atoms with Crippen LogP contribution in [0.4, 0.5) is 5.69 Å². The molecule has 0 saturated heterocycles. The number of furan rings is 1. The fourth-order valence-corrected chi connectivity index (χ4v) is 2.19. The van der Waals surface area contributed by atoms with Crippen LogP contribution in [0.2, 0.25) is 10.0 Å². The number of ether oxygens (including phenoxy) is 1. The summed E-state index contributed by atoms with van der Waals surface area (Å²) in [5.74, 6) is -1.29. The SMILES string of the molecule is CC(OC(=O)c1ccc(Br)o1)C(=O)Nc1cccc(Cl)c1Cl. The first kappa shape index (κ1) is 16.9. The predicted octanol–water partition coefficient (Wildman–Crippen LogP) is 4.53. The first-order valence-electron chi connectivity index (χ1n) is 6.09. The molecule has 0 fully saturated rings. The van der Waals surface area contributed by atoms with Crippen molar-refractivity contribution in [2.24, 2.45) is 0 Å². The van der Waals surface area contributed by atoms with Crippen molar-refractivity contribution >= 4 is 56.7 Å². The lowest BCUT2D eigenvalue weighted by Crippen LogP contribution is -2.30. The molecule has 0 saturated carbocycles. The number of carbonyl (C=O) groups excluding carboxylic acids is 2. The molecule has 1 heterocycles. The molecule has 1 aromatic carbocycles. The molecule has 2 aromatic rings. The number of rotatable bonds is 4. The Morgan fingerprint density at radius 3 is 2.64 bits per heavy atom. The highest BCUT2D eigenvalue weighted by atomic mass is 79.9. The van der Waals surface area contributed by atoms with Gasteiger partial charge in [-0.2, -0.15) is 0 Å². The van der Waals surface area contributed by atoms with Crippen LogP contribution in [0.5, 0.6) is 0 Å². The summed E-state index contributed by atoms with van der Waals surface area (Å²) in [6.45, 7) is 1.43. The molecule has 1 aromatic heterocycles. The molecule has 0 aliphatic heterocycles. The highest BCUT2D eigenvalue weighted by Gasteiger charge is 2.22. The van der Waals surface area contributed by atoms with Gasteiger partial charge in [0.25, 0.3) is 5.91 Å². The second-order valence-corrected chi connectivity index (χ2v) is 5.81. The van der Waals surface area contributed by atoms with E-state index in [1.807, 2.05) is 0 Å². The van der Waals surface area contributed by atoms with E-state index in [1.165, 1.54) is 13.0 Å². The smallest absolute Gasteiger partial charge is 0.375 e. The fraction of sp³-hybridized carbons (Fsp3) is 0.143. The molecule has 0 bridgehead atoms. The van der Waals surface area contributed by atoms with Gasteiger partial charge in [-0.3, -0.25) is 4.79 Å². The number of anilines is 1. The largest absolute Gasteiger partial charge is 0.447 e. The van der Waals surface area contributed by atoms with Crippen LogP contribution in [0.3, 0.4) is 0 Å². The highest BCUT2D eigenvalue weighted by molar-refractivity contribution is 9.10. The van der Waals surface area contributed by atoms with Gasteiger partial charge in [-0.05, 0) is 47.1 Å². The predicted molar refractivity (Wildman–Crippen MR) is 86.4 cm³/mol. The lowest BCUT2D eigenvalue weighted by Gasteiger charge is -2.13. The van der Waals surface area contributed by atoms with E-state index in [0.29, 0.717) is 15.4 Å². The van der Waals surface area contributed by atoms with Gasteiger partial charge in [-0.25, -0.2) is 4.79 Å². The highest BCUT2D eigenvalue weighted by Crippen LogP contribution is 2.29. The molecule has 5 nitrogen and oxygen atoms in total. The van der Waals surface area contributed by atoms with Gasteiger partial charge in [-0.1, -0.05) is 29.3 Å². The van der Waals surface area contributed by atoms with Crippen LogP contribution < -0.4 is 5.32 Å². The average molecular weight is 407 g/mol. The third kappa shape index (κ3) is 4.03. The van der Waals surface area contributed by atoms with Gasteiger partial charge in [0.1, 0.15) is 0 Å². The van der Waals surface area contributed by atoms with Crippen molar-refractivity contribution in [2.75, 3.05) is 5.32 Å². The Balaban J connectivity index is 2.00. The molecular weight excluding hydrogens is 397 g/mol. The molecule has 22 heavy (non-hydrogen) atoms. The first-order chi connectivity index (χ1) is 10.4. The standard InChI is InChI=1S/C14H10BrCl2NO4/c1-7(21-14(20)10-5-6-11(15)22-10)13(19)18-9-4-2-3-8(16)12(9)17/h2-7H,1H3,(H,18,19). The van der Waals surface area contributed by atoms with Gasteiger partial charge < -0.3 is 14.5 Å². The quantitative estimate of drug-likeness (QED) is 0.757. The average Bonchev–Trinajstić information content (AvgIpc) is 2.90. The summed E-state index contributed by atoms with van der Waals surface area (Å²) in [7, 11) is 0. The minimum Gasteiger partial charge on any atom is -0.447 e. The molecule has 116 valence electrons. The molecule has 1 amide bonds. The van der Waals surface area contributed by atoms with Crippen LogP contribution in [0.25, 0.3) is 0 Å². The van der Waals surface area contributed by atoms with Crippen LogP contribution in [0.15, 0.2) is 39.4 Å². The summed E-state index contributed by atoms with van der Waals surface area (Å²) in [4.78, 5) is 23.8. The van der Waals surface area contributed by atoms with Crippen molar-refractivity contribution in [3.63, 3.8) is 0 Å². The number of hydrogen-bond acceptors (Lipinski definition) is 4. The van der Waals surface area contributed by atoms with Gasteiger partial charge in [0.2, 0.25) is 5.76 Å². The van der Waals surface area contributed by atoms with E-state index in [1.54, 1.807) is 24.3 Å². The molecule has 0 aliphatic rings. The molecule has 0 spiro atoms. The van der Waals surface area contributed by atoms with Gasteiger partial charge in [0.15, 0.2) is 10.8 Å². The maximum absolute atomic E-state index is 12.0. The van der Waals surface area contributed by atoms with E-state index >= 15 is 0 Å². The third-order valence-electron chi connectivity index (χ3n) is 2.64. The van der Waals surface area contributed by atoms with E-state index in [-0.39, 0.29) is 10.8 Å². The van der Waals surface area contributed by atoms with E-state index in [4.69, 9.17) is 32.4 Å². The lowest BCUT2D eigenvalue weighted by molar-refractivity contribution is -0.123. The number of amides is 1. The van der Waals surface area contributed by atoms with Crippen LogP contribution in [0, 0.1) is 0 Å². The minimum absolute atomic E-state index is 0.00712. The number of carbonyl (C=O) groups is 2. The van der Waals surface area contributed by atoms with Gasteiger partial charge in [0.05, 0.1) is 15.7 Å². The lowest BCUT2D eigenvalue weighted by atomic mass is 10.3. The number of halogens is 3. The van der Waals surface area contributed by atoms with E-state index in [9.17, 15) is 9.59 Å². The monoisotopic (exact) mass is 405 g/mol. The van der Waals surface area contributed by atoms with Crippen molar-refractivity contribution in [1.29, 1.82) is 0 Å². The second kappa shape index (κ2) is 7.17. The van der Waals surface area contributed by atoms with E-state index in [0.717, 1.165) is 0 Å². The zero-order valence-electron chi connectivity index (χ0n) is 11.2. The maximum Gasteiger partial charge on any atom is 0.375 e. The topological polar surface area (TPSA) is 68.5 Å². The molecule has 2 rings (SSSR count). The Hall–Kier alpha value is -1.50. The molecule has 1 unspecified atom stereocenters. The third-order valence-corrected chi connectivity index (χ3v) is 3.88. The molecule has 8 heteroatoms. The van der Waals surface area contributed by atoms with Crippen LogP contribution >= 0.6 is 39.1 Å². The number of esters is 1. The Morgan fingerprint density at radius 1 is 1.27 bits per heavy atom. The van der Waals surface area contributed by atoms with Gasteiger partial charge in [-0.15, -0.1) is 0 Å². The van der Waals surface area contributed by atoms with Crippen molar-refractivity contribution in [3.05, 3.63) is 50.8 Å². The molecular formula is C14H10BrCl2NO4. The molecule has 0 aliphatic carbocycles. The summed E-state index contributed by atoms with van der Waals surface area (Å²) < 4.78 is 10.5. The Labute approximate surface area is 144 Å². The number of benzene rings is 1. The Bertz CT molecular complexity index is 717. The fourth-order valence-electron chi connectivity index (χ4n) is 1.53. The van der Waals surface area contributed by atoms with E-state index in [2.05, 4.69) is 21.2 Å². The summed E-state index contributed by atoms with van der Waals surface area (Å²) in [6, 6.07) is 7.81. The summed E-state index contributed by atoms with van der Waals surface area (Å²) in [5, 5.41) is 3.06. The summed E-state index contributed by atoms with van der Waals surface area (Å²) in [6.07, 6.45) is -1.04. The molecule has 0 radical (unpaired) electrons. The van der Waals surface area contributed by atoms with Crippen LogP contribution in [-0.4, -0.2) is 18.0 Å². The number of nitrogens with one attached hydrogen (secondary N) is 1. The van der Waals surface area contributed by atoms with Crippen LogP contribution in [0.1, 0.15) is 17.5 Å². The van der Waals surface area contributed by atoms with Crippen molar-refractivity contribution < 1.29 is 18.7 Å². The zero-order valence-corrected chi connectivity index (χ0v) is 14.3. The van der Waals surface area contributed by atoms with Crippen molar-refractivity contribution in [3.8, 4) is 0 Å². The van der Waals surface area contributed by atoms with Gasteiger partial charge >= 0.3 is 5.97 Å². The summed E-state index contributed by atoms with van der Waals surface area (Å²) in [5.41, 5.74) is 0.336. The van der Waals surface area contributed by atoms with Crippen LogP contribution in [-0.2, 0) is 9.53 Å². The molecule has 1 atom stereocenters. The normalized spacial score (nSPS) is 11.8. The van der Waals surface area contributed by atoms with Crippen molar-refractivity contribution in [1.82, 2.24) is 0 Å².